The van der Waals surface area contributed by atoms with Crippen molar-refractivity contribution in [3.63, 3.8) is 0 Å². The van der Waals surface area contributed by atoms with Gasteiger partial charge in [0.2, 0.25) is 0 Å². The Morgan fingerprint density at radius 3 is 2.33 bits per heavy atom. The SMILES string of the molecule is CNc1scc(C)c1C. The second-order valence-electron chi connectivity index (χ2n) is 2.12. The summed E-state index contributed by atoms with van der Waals surface area (Å²) in [6.07, 6.45) is 0. The lowest BCUT2D eigenvalue weighted by atomic mass is 10.2. The predicted molar refractivity (Wildman–Crippen MR) is 43.3 cm³/mol. The van der Waals surface area contributed by atoms with Gasteiger partial charge in [-0.15, -0.1) is 11.3 Å². The quantitative estimate of drug-likeness (QED) is 0.633. The molecule has 0 aliphatic rings. The first-order chi connectivity index (χ1) is 4.25. The van der Waals surface area contributed by atoms with Gasteiger partial charge < -0.3 is 5.32 Å². The Labute approximate surface area is 59.7 Å². The standard InChI is InChI=1S/C7H11NS/c1-5-4-9-7(8-3)6(5)2/h4,8H,1-3H3. The summed E-state index contributed by atoms with van der Waals surface area (Å²) in [4.78, 5) is 0. The molecule has 1 nitrogen and oxygen atoms in total. The zero-order valence-corrected chi connectivity index (χ0v) is 6.80. The summed E-state index contributed by atoms with van der Waals surface area (Å²) in [5.41, 5.74) is 2.76. The summed E-state index contributed by atoms with van der Waals surface area (Å²) in [5.74, 6) is 0. The average molecular weight is 141 g/mol. The molecule has 0 spiro atoms. The van der Waals surface area contributed by atoms with Gasteiger partial charge in [-0.3, -0.25) is 0 Å². The van der Waals surface area contributed by atoms with Crippen LogP contribution in [0.3, 0.4) is 0 Å². The molecule has 50 valence electrons. The molecule has 1 heterocycles. The first-order valence-electron chi connectivity index (χ1n) is 2.98. The lowest BCUT2D eigenvalue weighted by molar-refractivity contribution is 1.38. The van der Waals surface area contributed by atoms with Crippen molar-refractivity contribution in [2.45, 2.75) is 13.8 Å². The first kappa shape index (κ1) is 6.62. The second kappa shape index (κ2) is 2.40. The fourth-order valence-electron chi connectivity index (χ4n) is 0.750. The molecule has 0 saturated heterocycles. The van der Waals surface area contributed by atoms with Gasteiger partial charge in [0.25, 0.3) is 0 Å². The molecule has 0 aliphatic heterocycles. The molecule has 0 aromatic carbocycles. The molecule has 2 heteroatoms. The smallest absolute Gasteiger partial charge is 0.0912 e. The van der Waals surface area contributed by atoms with Crippen molar-refractivity contribution in [3.05, 3.63) is 16.5 Å². The molecule has 1 rings (SSSR count). The molecule has 0 unspecified atom stereocenters. The van der Waals surface area contributed by atoms with Gasteiger partial charge in [-0.25, -0.2) is 0 Å². The highest BCUT2D eigenvalue weighted by molar-refractivity contribution is 7.14. The zero-order valence-electron chi connectivity index (χ0n) is 5.99. The number of thiophene rings is 1. The van der Waals surface area contributed by atoms with E-state index in [1.807, 2.05) is 7.05 Å². The van der Waals surface area contributed by atoms with E-state index in [4.69, 9.17) is 0 Å². The third-order valence-corrected chi connectivity index (χ3v) is 2.73. The summed E-state index contributed by atoms with van der Waals surface area (Å²) < 4.78 is 0. The van der Waals surface area contributed by atoms with Crippen molar-refractivity contribution in [3.8, 4) is 0 Å². The second-order valence-corrected chi connectivity index (χ2v) is 3.00. The van der Waals surface area contributed by atoms with E-state index in [1.165, 1.54) is 16.1 Å². The molecule has 9 heavy (non-hydrogen) atoms. The van der Waals surface area contributed by atoms with Crippen LogP contribution < -0.4 is 5.32 Å². The van der Waals surface area contributed by atoms with Gasteiger partial charge in [-0.05, 0) is 30.4 Å². The number of aryl methyl sites for hydroxylation is 1. The Hall–Kier alpha value is -0.500. The van der Waals surface area contributed by atoms with E-state index in [9.17, 15) is 0 Å². The van der Waals surface area contributed by atoms with Crippen LogP contribution in [0.15, 0.2) is 5.38 Å². The molecule has 1 N–H and O–H groups in total. The summed E-state index contributed by atoms with van der Waals surface area (Å²) >= 11 is 1.77. The number of anilines is 1. The Kier molecular flexibility index (Phi) is 1.76. The van der Waals surface area contributed by atoms with Crippen molar-refractivity contribution in [2.24, 2.45) is 0 Å². The van der Waals surface area contributed by atoms with Crippen LogP contribution >= 0.6 is 11.3 Å². The van der Waals surface area contributed by atoms with Gasteiger partial charge in [0.1, 0.15) is 0 Å². The molecule has 0 bridgehead atoms. The average Bonchev–Trinajstić information content (AvgIpc) is 2.15. The Balaban J connectivity index is 3.04. The Morgan fingerprint density at radius 2 is 2.11 bits per heavy atom. The van der Waals surface area contributed by atoms with Crippen molar-refractivity contribution >= 4 is 16.3 Å². The van der Waals surface area contributed by atoms with Crippen molar-refractivity contribution < 1.29 is 0 Å². The maximum Gasteiger partial charge on any atom is 0.0912 e. The monoisotopic (exact) mass is 141 g/mol. The van der Waals surface area contributed by atoms with Gasteiger partial charge in [-0.2, -0.15) is 0 Å². The molecule has 0 saturated carbocycles. The maximum absolute atomic E-state index is 3.13. The highest BCUT2D eigenvalue weighted by Gasteiger charge is 1.99. The van der Waals surface area contributed by atoms with E-state index in [2.05, 4.69) is 24.5 Å². The van der Waals surface area contributed by atoms with E-state index in [0.29, 0.717) is 0 Å². The van der Waals surface area contributed by atoms with E-state index in [-0.39, 0.29) is 0 Å². The largest absolute Gasteiger partial charge is 0.380 e. The minimum atomic E-state index is 1.28. The molecule has 0 radical (unpaired) electrons. The highest BCUT2D eigenvalue weighted by atomic mass is 32.1. The molecule has 0 aliphatic carbocycles. The first-order valence-corrected chi connectivity index (χ1v) is 3.86. The van der Waals surface area contributed by atoms with Crippen LogP contribution in [0, 0.1) is 13.8 Å². The Bertz CT molecular complexity index is 203. The predicted octanol–water partition coefficient (Wildman–Crippen LogP) is 2.41. The van der Waals surface area contributed by atoms with Gasteiger partial charge in [0.05, 0.1) is 5.00 Å². The maximum atomic E-state index is 3.13. The van der Waals surface area contributed by atoms with Crippen LogP contribution in [0.5, 0.6) is 0 Å². The van der Waals surface area contributed by atoms with Gasteiger partial charge in [0, 0.05) is 7.05 Å². The number of rotatable bonds is 1. The van der Waals surface area contributed by atoms with Crippen LogP contribution in [-0.4, -0.2) is 7.05 Å². The molecule has 0 fully saturated rings. The van der Waals surface area contributed by atoms with Crippen molar-refractivity contribution in [1.82, 2.24) is 0 Å². The van der Waals surface area contributed by atoms with E-state index in [0.717, 1.165) is 0 Å². The molecule has 1 aromatic heterocycles. The fourth-order valence-corrected chi connectivity index (χ4v) is 1.68. The third-order valence-electron chi connectivity index (χ3n) is 1.51. The number of hydrogen-bond acceptors (Lipinski definition) is 2. The topological polar surface area (TPSA) is 12.0 Å². The minimum absolute atomic E-state index is 1.28. The Morgan fingerprint density at radius 1 is 1.44 bits per heavy atom. The van der Waals surface area contributed by atoms with Crippen LogP contribution in [0.2, 0.25) is 0 Å². The van der Waals surface area contributed by atoms with Crippen molar-refractivity contribution in [1.29, 1.82) is 0 Å². The van der Waals surface area contributed by atoms with Crippen molar-refractivity contribution in [2.75, 3.05) is 12.4 Å². The number of hydrogen-bond donors (Lipinski definition) is 1. The summed E-state index contributed by atoms with van der Waals surface area (Å²) in [5, 5.41) is 6.59. The van der Waals surface area contributed by atoms with E-state index in [1.54, 1.807) is 11.3 Å². The zero-order chi connectivity index (χ0) is 6.85. The van der Waals surface area contributed by atoms with Crippen LogP contribution in [-0.2, 0) is 0 Å². The van der Waals surface area contributed by atoms with Crippen LogP contribution in [0.25, 0.3) is 0 Å². The fraction of sp³-hybridized carbons (Fsp3) is 0.429. The van der Waals surface area contributed by atoms with Crippen LogP contribution in [0.4, 0.5) is 5.00 Å². The summed E-state index contributed by atoms with van der Waals surface area (Å²) in [6.45, 7) is 4.27. The third kappa shape index (κ3) is 1.08. The highest BCUT2D eigenvalue weighted by Crippen LogP contribution is 2.25. The normalized spacial score (nSPS) is 9.67. The minimum Gasteiger partial charge on any atom is -0.380 e. The molecule has 1 aromatic rings. The van der Waals surface area contributed by atoms with E-state index < -0.39 is 0 Å². The summed E-state index contributed by atoms with van der Waals surface area (Å²) in [7, 11) is 1.96. The lowest BCUT2D eigenvalue weighted by Gasteiger charge is -1.95. The van der Waals surface area contributed by atoms with Gasteiger partial charge >= 0.3 is 0 Å². The van der Waals surface area contributed by atoms with Gasteiger partial charge in [0.15, 0.2) is 0 Å². The van der Waals surface area contributed by atoms with E-state index >= 15 is 0 Å². The molecular formula is C7H11NS. The number of nitrogens with one attached hydrogen (secondary N) is 1. The molecule has 0 atom stereocenters. The molecule has 0 amide bonds. The van der Waals surface area contributed by atoms with Gasteiger partial charge in [-0.1, -0.05) is 0 Å². The summed E-state index contributed by atoms with van der Waals surface area (Å²) in [6, 6.07) is 0. The molecular weight excluding hydrogens is 130 g/mol. The van der Waals surface area contributed by atoms with Crippen LogP contribution in [0.1, 0.15) is 11.1 Å². The lowest BCUT2D eigenvalue weighted by Crippen LogP contribution is -1.85.